The summed E-state index contributed by atoms with van der Waals surface area (Å²) in [5, 5.41) is 3.42. The van der Waals surface area contributed by atoms with Gasteiger partial charge in [-0.15, -0.1) is 0 Å². The number of likely N-dealkylation sites (N-methyl/N-ethyl adjacent to an activating group) is 1. The number of benzene rings is 1. The van der Waals surface area contributed by atoms with Crippen molar-refractivity contribution in [2.24, 2.45) is 0 Å². The van der Waals surface area contributed by atoms with E-state index in [1.807, 2.05) is 0 Å². The van der Waals surface area contributed by atoms with Crippen molar-refractivity contribution < 1.29 is 4.74 Å². The number of rotatable bonds is 7. The molecule has 1 N–H and O–H groups in total. The molecule has 0 bridgehead atoms. The summed E-state index contributed by atoms with van der Waals surface area (Å²) in [6, 6.07) is 6.81. The number of methoxy groups -OCH3 is 1. The molecule has 3 nitrogen and oxygen atoms in total. The predicted molar refractivity (Wildman–Crippen MR) is 86.4 cm³/mol. The monoisotopic (exact) mass is 274 g/mol. The van der Waals surface area contributed by atoms with Crippen molar-refractivity contribution in [2.45, 2.75) is 19.8 Å². The summed E-state index contributed by atoms with van der Waals surface area (Å²) in [5.74, 6) is 0. The van der Waals surface area contributed by atoms with Crippen molar-refractivity contribution in [1.82, 2.24) is 5.32 Å². The Balaban J connectivity index is 2.01. The highest BCUT2D eigenvalue weighted by molar-refractivity contribution is 5.64. The highest BCUT2D eigenvalue weighted by Gasteiger charge is 2.14. The molecule has 0 fully saturated rings. The van der Waals surface area contributed by atoms with Crippen molar-refractivity contribution in [1.29, 1.82) is 0 Å². The molecule has 0 saturated carbocycles. The maximum Gasteiger partial charge on any atom is 0.0587 e. The summed E-state index contributed by atoms with van der Waals surface area (Å²) in [4.78, 5) is 2.33. The molecule has 0 spiro atoms. The van der Waals surface area contributed by atoms with Crippen molar-refractivity contribution in [3.05, 3.63) is 34.9 Å². The number of anilines is 1. The molecule has 20 heavy (non-hydrogen) atoms. The zero-order valence-electron chi connectivity index (χ0n) is 12.9. The lowest BCUT2D eigenvalue weighted by Crippen LogP contribution is -2.21. The third-order valence-electron chi connectivity index (χ3n) is 3.89. The van der Waals surface area contributed by atoms with Crippen LogP contribution >= 0.6 is 0 Å². The molecular formula is C17H26N2O. The summed E-state index contributed by atoms with van der Waals surface area (Å²) in [5.41, 5.74) is 5.62. The molecule has 0 aromatic heterocycles. The average molecular weight is 274 g/mol. The van der Waals surface area contributed by atoms with Crippen LogP contribution in [0.15, 0.2) is 23.8 Å². The van der Waals surface area contributed by atoms with Crippen LogP contribution in [0.1, 0.15) is 24.5 Å². The second-order valence-corrected chi connectivity index (χ2v) is 5.39. The minimum absolute atomic E-state index is 0.766. The van der Waals surface area contributed by atoms with Gasteiger partial charge in [0.1, 0.15) is 0 Å². The van der Waals surface area contributed by atoms with E-state index in [1.165, 1.54) is 28.8 Å². The highest BCUT2D eigenvalue weighted by Crippen LogP contribution is 2.28. The van der Waals surface area contributed by atoms with Crippen LogP contribution in [0.4, 0.5) is 5.69 Å². The van der Waals surface area contributed by atoms with E-state index in [0.29, 0.717) is 0 Å². The molecule has 1 aromatic carbocycles. The molecule has 1 heterocycles. The summed E-state index contributed by atoms with van der Waals surface area (Å²) in [6.45, 7) is 5.97. The van der Waals surface area contributed by atoms with Gasteiger partial charge >= 0.3 is 0 Å². The Morgan fingerprint density at radius 2 is 2.30 bits per heavy atom. The van der Waals surface area contributed by atoms with Gasteiger partial charge in [-0.3, -0.25) is 0 Å². The quantitative estimate of drug-likeness (QED) is 0.774. The van der Waals surface area contributed by atoms with Crippen LogP contribution in [0.3, 0.4) is 0 Å². The standard InChI is InChI=1S/C17H26N2O/c1-4-14(13-18-8-10-20-3)11-15-5-6-17-16(12-15)7-9-19(17)2/h5-6,11-12,18H,4,7-10,13H2,1-3H3. The van der Waals surface area contributed by atoms with Gasteiger partial charge in [-0.05, 0) is 36.1 Å². The van der Waals surface area contributed by atoms with Crippen molar-refractivity contribution in [2.75, 3.05) is 45.3 Å². The van der Waals surface area contributed by atoms with Gasteiger partial charge in [0.15, 0.2) is 0 Å². The van der Waals surface area contributed by atoms with E-state index in [4.69, 9.17) is 4.74 Å². The van der Waals surface area contributed by atoms with E-state index in [9.17, 15) is 0 Å². The van der Waals surface area contributed by atoms with Crippen LogP contribution in [0, 0.1) is 0 Å². The minimum Gasteiger partial charge on any atom is -0.383 e. The normalized spacial score (nSPS) is 14.8. The molecule has 0 radical (unpaired) electrons. The maximum atomic E-state index is 5.05. The molecule has 0 saturated heterocycles. The Labute approximate surface area is 122 Å². The van der Waals surface area contributed by atoms with Gasteiger partial charge in [-0.2, -0.15) is 0 Å². The Morgan fingerprint density at radius 3 is 3.05 bits per heavy atom. The topological polar surface area (TPSA) is 24.5 Å². The van der Waals surface area contributed by atoms with Crippen LogP contribution in [-0.4, -0.2) is 40.4 Å². The number of nitrogens with zero attached hydrogens (tertiary/aromatic N) is 1. The van der Waals surface area contributed by atoms with E-state index in [0.717, 1.165) is 32.7 Å². The van der Waals surface area contributed by atoms with Crippen LogP contribution in [0.5, 0.6) is 0 Å². The van der Waals surface area contributed by atoms with Gasteiger partial charge in [-0.1, -0.05) is 24.6 Å². The molecule has 2 rings (SSSR count). The number of hydrogen-bond donors (Lipinski definition) is 1. The second-order valence-electron chi connectivity index (χ2n) is 5.39. The molecule has 110 valence electrons. The molecule has 0 aliphatic carbocycles. The minimum atomic E-state index is 0.766. The molecule has 1 aliphatic heterocycles. The van der Waals surface area contributed by atoms with E-state index >= 15 is 0 Å². The Morgan fingerprint density at radius 1 is 1.45 bits per heavy atom. The molecule has 0 amide bonds. The fourth-order valence-corrected chi connectivity index (χ4v) is 2.61. The van der Waals surface area contributed by atoms with Crippen LogP contribution < -0.4 is 10.2 Å². The lowest BCUT2D eigenvalue weighted by molar-refractivity contribution is 0.200. The predicted octanol–water partition coefficient (Wildman–Crippen LogP) is 2.71. The van der Waals surface area contributed by atoms with E-state index in [-0.39, 0.29) is 0 Å². The van der Waals surface area contributed by atoms with E-state index in [2.05, 4.69) is 48.5 Å². The largest absolute Gasteiger partial charge is 0.383 e. The van der Waals surface area contributed by atoms with Crippen molar-refractivity contribution in [3.8, 4) is 0 Å². The molecular weight excluding hydrogens is 248 g/mol. The second kappa shape index (κ2) is 7.46. The van der Waals surface area contributed by atoms with Gasteiger partial charge < -0.3 is 15.0 Å². The molecule has 0 unspecified atom stereocenters. The number of hydrogen-bond acceptors (Lipinski definition) is 3. The Kier molecular flexibility index (Phi) is 5.62. The first kappa shape index (κ1) is 15.1. The first-order valence-electron chi connectivity index (χ1n) is 7.47. The SMILES string of the molecule is CCC(=Cc1ccc2c(c1)CCN2C)CNCCOC. The van der Waals surface area contributed by atoms with Gasteiger partial charge in [0.25, 0.3) is 0 Å². The molecule has 0 atom stereocenters. The number of nitrogens with one attached hydrogen (secondary N) is 1. The van der Waals surface area contributed by atoms with E-state index < -0.39 is 0 Å². The molecule has 1 aliphatic rings. The van der Waals surface area contributed by atoms with E-state index in [1.54, 1.807) is 7.11 Å². The van der Waals surface area contributed by atoms with Gasteiger partial charge in [-0.25, -0.2) is 0 Å². The smallest absolute Gasteiger partial charge is 0.0587 e. The first-order valence-corrected chi connectivity index (χ1v) is 7.47. The lowest BCUT2D eigenvalue weighted by Gasteiger charge is -2.12. The van der Waals surface area contributed by atoms with Gasteiger partial charge in [0.2, 0.25) is 0 Å². The summed E-state index contributed by atoms with van der Waals surface area (Å²) in [6.07, 6.45) is 4.57. The van der Waals surface area contributed by atoms with Gasteiger partial charge in [0, 0.05) is 39.5 Å². The zero-order valence-corrected chi connectivity index (χ0v) is 12.9. The fourth-order valence-electron chi connectivity index (χ4n) is 2.61. The zero-order chi connectivity index (χ0) is 14.4. The van der Waals surface area contributed by atoms with Crippen LogP contribution in [-0.2, 0) is 11.2 Å². The average Bonchev–Trinajstić information content (AvgIpc) is 2.83. The molecule has 3 heteroatoms. The summed E-state index contributed by atoms with van der Waals surface area (Å²) < 4.78 is 5.05. The van der Waals surface area contributed by atoms with Gasteiger partial charge in [0.05, 0.1) is 6.61 Å². The number of ether oxygens (including phenoxy) is 1. The van der Waals surface area contributed by atoms with Crippen LogP contribution in [0.25, 0.3) is 6.08 Å². The molecule has 1 aromatic rings. The Hall–Kier alpha value is -1.32. The highest BCUT2D eigenvalue weighted by atomic mass is 16.5. The van der Waals surface area contributed by atoms with Crippen molar-refractivity contribution in [3.63, 3.8) is 0 Å². The summed E-state index contributed by atoms with van der Waals surface area (Å²) >= 11 is 0. The summed E-state index contributed by atoms with van der Waals surface area (Å²) in [7, 11) is 3.90. The lowest BCUT2D eigenvalue weighted by atomic mass is 10.0. The van der Waals surface area contributed by atoms with Crippen LogP contribution in [0.2, 0.25) is 0 Å². The fraction of sp³-hybridized carbons (Fsp3) is 0.529. The Bertz CT molecular complexity index is 468. The third kappa shape index (κ3) is 3.84. The maximum absolute atomic E-state index is 5.05. The third-order valence-corrected chi connectivity index (χ3v) is 3.89. The number of fused-ring (bicyclic) bond motifs is 1. The van der Waals surface area contributed by atoms with Crippen molar-refractivity contribution >= 4 is 11.8 Å². The first-order chi connectivity index (χ1) is 9.74.